The number of amides is 4. The lowest BCUT2D eigenvalue weighted by atomic mass is 10.1. The minimum atomic E-state index is -3.01. The quantitative estimate of drug-likeness (QED) is 0.0763. The molecule has 0 saturated heterocycles. The third kappa shape index (κ3) is 8.27. The zero-order valence-corrected chi connectivity index (χ0v) is 31.5. The van der Waals surface area contributed by atoms with Crippen LogP contribution in [0.15, 0.2) is 42.5 Å². The van der Waals surface area contributed by atoms with Gasteiger partial charge in [0.25, 0.3) is 17.7 Å². The molecule has 0 saturated carbocycles. The number of imidazole rings is 2. The molecule has 5 heterocycles. The van der Waals surface area contributed by atoms with Gasteiger partial charge in [-0.15, -0.1) is 11.3 Å². The minimum absolute atomic E-state index is 0.0298. The van der Waals surface area contributed by atoms with Crippen molar-refractivity contribution in [2.24, 2.45) is 11.5 Å². The van der Waals surface area contributed by atoms with Gasteiger partial charge in [-0.05, 0) is 58.0 Å². The molecular weight excluding hydrogens is 755 g/mol. The number of nitrogens with two attached hydrogens (primary N) is 2. The number of halogens is 2. The van der Waals surface area contributed by atoms with E-state index in [4.69, 9.17) is 16.2 Å². The van der Waals surface area contributed by atoms with Crippen molar-refractivity contribution in [1.82, 2.24) is 38.7 Å². The number of alkyl halides is 2. The Morgan fingerprint density at radius 3 is 1.93 bits per heavy atom. The Balaban J connectivity index is 1.36. The third-order valence-electron chi connectivity index (χ3n) is 8.40. The maximum absolute atomic E-state index is 13.6. The first-order chi connectivity index (χ1) is 26.8. The number of hydrogen-bond donors (Lipinski definition) is 4. The standard InChI is InChI=1S/C35H38F2N12O6S/c1-5-48-23(13-18(3)44-48)30(52)42-34-40-21-15-20(28(38)50)16-25(54-11-12-55-33(36)37)27(21)46(34)9-7-8-10-47-32-22(17-26(56-32)29(39)51)41-35(47)43-31(53)24-14-19(4)45-49(24)6-2/h7-8,13-17,33H,5-6,9-12H2,1-4H3,(H2,38,50)(H2,39,51)(H,40,42,52)(H,41,43,53)/b8-7+. The molecule has 6 N–H and O–H groups in total. The molecule has 294 valence electrons. The predicted molar refractivity (Wildman–Crippen MR) is 202 cm³/mol. The number of benzene rings is 1. The number of nitrogens with zero attached hydrogens (tertiary/aromatic N) is 8. The van der Waals surface area contributed by atoms with Gasteiger partial charge in [0, 0.05) is 31.7 Å². The summed E-state index contributed by atoms with van der Waals surface area (Å²) in [4.78, 5) is 61.3. The maximum atomic E-state index is 13.6. The Hall–Kier alpha value is -6.48. The van der Waals surface area contributed by atoms with Gasteiger partial charge >= 0.3 is 6.61 Å². The summed E-state index contributed by atoms with van der Waals surface area (Å²) in [5.74, 6) is -2.01. The molecule has 6 aromatic rings. The number of primary amides is 2. The Morgan fingerprint density at radius 1 is 0.804 bits per heavy atom. The zero-order chi connectivity index (χ0) is 40.3. The van der Waals surface area contributed by atoms with Gasteiger partial charge in [0.05, 0.1) is 28.4 Å². The van der Waals surface area contributed by atoms with E-state index < -0.39 is 36.8 Å². The number of carbonyl (C=O) groups excluding carboxylic acids is 4. The number of hydrogen-bond acceptors (Lipinski definition) is 11. The van der Waals surface area contributed by atoms with Crippen LogP contribution in [0.3, 0.4) is 0 Å². The number of anilines is 2. The highest BCUT2D eigenvalue weighted by atomic mass is 32.1. The molecule has 0 aliphatic rings. The van der Waals surface area contributed by atoms with Crippen molar-refractivity contribution in [2.45, 2.75) is 60.5 Å². The van der Waals surface area contributed by atoms with E-state index in [0.717, 1.165) is 11.3 Å². The molecular formula is C35H38F2N12O6S. The number of aryl methyl sites for hydroxylation is 4. The number of thiophene rings is 1. The molecule has 0 atom stereocenters. The Bertz CT molecular complexity index is 2490. The largest absolute Gasteiger partial charge is 0.489 e. The van der Waals surface area contributed by atoms with Gasteiger partial charge < -0.3 is 25.5 Å². The smallest absolute Gasteiger partial charge is 0.345 e. The highest BCUT2D eigenvalue weighted by Gasteiger charge is 2.23. The van der Waals surface area contributed by atoms with Gasteiger partial charge in [0.1, 0.15) is 39.6 Å². The van der Waals surface area contributed by atoms with Crippen molar-refractivity contribution in [3.8, 4) is 5.75 Å². The van der Waals surface area contributed by atoms with E-state index in [-0.39, 0.29) is 59.0 Å². The zero-order valence-electron chi connectivity index (χ0n) is 30.7. The van der Waals surface area contributed by atoms with Crippen LogP contribution in [0.1, 0.15) is 66.2 Å². The summed E-state index contributed by atoms with van der Waals surface area (Å²) >= 11 is 1.12. The van der Waals surface area contributed by atoms with Crippen molar-refractivity contribution in [3.63, 3.8) is 0 Å². The summed E-state index contributed by atoms with van der Waals surface area (Å²) in [6.07, 6.45) is 3.51. The first-order valence-corrected chi connectivity index (χ1v) is 18.1. The van der Waals surface area contributed by atoms with Crippen LogP contribution in [0.4, 0.5) is 20.7 Å². The average molecular weight is 793 g/mol. The lowest BCUT2D eigenvalue weighted by Gasteiger charge is -2.13. The van der Waals surface area contributed by atoms with Crippen molar-refractivity contribution in [1.29, 1.82) is 0 Å². The summed E-state index contributed by atoms with van der Waals surface area (Å²) in [7, 11) is 0. The van der Waals surface area contributed by atoms with Crippen LogP contribution in [0.25, 0.3) is 21.4 Å². The van der Waals surface area contributed by atoms with E-state index in [2.05, 4.69) is 35.5 Å². The molecule has 6 rings (SSSR count). The summed E-state index contributed by atoms with van der Waals surface area (Å²) < 4.78 is 42.0. The number of ether oxygens (including phenoxy) is 2. The van der Waals surface area contributed by atoms with Crippen LogP contribution in [0.2, 0.25) is 0 Å². The SMILES string of the molecule is CCn1nc(C)cc1C(=O)Nc1nc2cc(C(N)=O)sc2n1C/C=C/Cn1c(NC(=O)c2cc(C)nn2CC)nc2cc(C(N)=O)cc(OCCOC(F)F)c21. The van der Waals surface area contributed by atoms with Crippen LogP contribution in [0, 0.1) is 13.8 Å². The highest BCUT2D eigenvalue weighted by molar-refractivity contribution is 7.20. The number of aromatic nitrogens is 8. The van der Waals surface area contributed by atoms with Gasteiger partial charge in [-0.1, -0.05) is 12.2 Å². The third-order valence-corrected chi connectivity index (χ3v) is 9.56. The molecule has 4 amide bonds. The number of carbonyl (C=O) groups is 4. The second-order valence-corrected chi connectivity index (χ2v) is 13.3. The van der Waals surface area contributed by atoms with Gasteiger partial charge in [-0.2, -0.15) is 19.0 Å². The van der Waals surface area contributed by atoms with Gasteiger partial charge in [0.2, 0.25) is 17.8 Å². The fraction of sp³-hybridized carbons (Fsp3) is 0.314. The summed E-state index contributed by atoms with van der Waals surface area (Å²) in [6, 6.07) is 7.62. The molecule has 56 heavy (non-hydrogen) atoms. The lowest BCUT2D eigenvalue weighted by molar-refractivity contribution is -0.133. The van der Waals surface area contributed by atoms with Gasteiger partial charge in [0.15, 0.2) is 0 Å². The molecule has 18 nitrogen and oxygen atoms in total. The second-order valence-electron chi connectivity index (χ2n) is 12.3. The van der Waals surface area contributed by atoms with Crippen molar-refractivity contribution < 1.29 is 37.4 Å². The minimum Gasteiger partial charge on any atom is -0.489 e. The van der Waals surface area contributed by atoms with E-state index >= 15 is 0 Å². The van der Waals surface area contributed by atoms with Crippen molar-refractivity contribution >= 4 is 68.2 Å². The topological polar surface area (TPSA) is 234 Å². The van der Waals surface area contributed by atoms with E-state index in [1.165, 1.54) is 16.8 Å². The van der Waals surface area contributed by atoms with Gasteiger partial charge in [-0.25, -0.2) is 9.97 Å². The molecule has 0 spiro atoms. The number of allylic oxidation sites excluding steroid dienone is 2. The highest BCUT2D eigenvalue weighted by Crippen LogP contribution is 2.32. The summed E-state index contributed by atoms with van der Waals surface area (Å²) in [5, 5.41) is 14.4. The average Bonchev–Trinajstić information content (AvgIpc) is 3.96. The fourth-order valence-corrected chi connectivity index (χ4v) is 6.94. The first kappa shape index (κ1) is 39.2. The van der Waals surface area contributed by atoms with E-state index in [0.29, 0.717) is 46.0 Å². The Kier molecular flexibility index (Phi) is 11.5. The molecule has 0 fully saturated rings. The predicted octanol–water partition coefficient (Wildman–Crippen LogP) is 4.07. The molecule has 1 aromatic carbocycles. The summed E-state index contributed by atoms with van der Waals surface area (Å²) in [5.41, 5.74) is 14.1. The van der Waals surface area contributed by atoms with Crippen LogP contribution >= 0.6 is 11.3 Å². The van der Waals surface area contributed by atoms with Gasteiger partial charge in [-0.3, -0.25) is 43.7 Å². The molecule has 0 unspecified atom stereocenters. The molecule has 0 aliphatic carbocycles. The number of rotatable bonds is 17. The molecule has 5 aromatic heterocycles. The monoisotopic (exact) mass is 792 g/mol. The first-order valence-electron chi connectivity index (χ1n) is 17.3. The maximum Gasteiger partial charge on any atom is 0.345 e. The number of fused-ring (bicyclic) bond motifs is 2. The molecule has 0 aliphatic heterocycles. The lowest BCUT2D eigenvalue weighted by Crippen LogP contribution is -2.20. The van der Waals surface area contributed by atoms with E-state index in [9.17, 15) is 28.0 Å². The normalized spacial score (nSPS) is 11.7. The van der Waals surface area contributed by atoms with Crippen molar-refractivity contribution in [3.05, 3.63) is 75.7 Å². The Morgan fingerprint density at radius 2 is 1.38 bits per heavy atom. The number of nitrogens with one attached hydrogen (secondary N) is 2. The van der Waals surface area contributed by atoms with Crippen molar-refractivity contribution in [2.75, 3.05) is 23.8 Å². The van der Waals surface area contributed by atoms with Crippen LogP contribution in [0.5, 0.6) is 5.75 Å². The van der Waals surface area contributed by atoms with Crippen LogP contribution in [-0.2, 0) is 30.9 Å². The Labute approximate surface area is 321 Å². The van der Waals surface area contributed by atoms with Crippen LogP contribution in [-0.4, -0.2) is 82.1 Å². The van der Waals surface area contributed by atoms with E-state index in [1.807, 2.05) is 13.8 Å². The van der Waals surface area contributed by atoms with E-state index in [1.54, 1.807) is 58.0 Å². The molecule has 0 bridgehead atoms. The summed E-state index contributed by atoms with van der Waals surface area (Å²) in [6.45, 7) is 4.57. The fourth-order valence-electron chi connectivity index (χ4n) is 5.98. The van der Waals surface area contributed by atoms with Crippen LogP contribution < -0.4 is 26.8 Å². The molecule has 0 radical (unpaired) electrons. The molecule has 21 heteroatoms. The second kappa shape index (κ2) is 16.5.